The summed E-state index contributed by atoms with van der Waals surface area (Å²) in [5.74, 6) is 0.134. The quantitative estimate of drug-likeness (QED) is 0.374. The first-order chi connectivity index (χ1) is 16.7. The Morgan fingerprint density at radius 1 is 0.971 bits per heavy atom. The lowest BCUT2D eigenvalue weighted by atomic mass is 10.0. The molecule has 0 heterocycles. The number of allylic oxidation sites excluding steroid dienone is 2. The monoisotopic (exact) mass is 497 g/mol. The fourth-order valence-electron chi connectivity index (χ4n) is 3.71. The van der Waals surface area contributed by atoms with Crippen LogP contribution < -0.4 is 5.32 Å². The van der Waals surface area contributed by atoms with Crippen LogP contribution in [0.5, 0.6) is 0 Å². The van der Waals surface area contributed by atoms with E-state index in [1.165, 1.54) is 31.8 Å². The van der Waals surface area contributed by atoms with Crippen LogP contribution in [0.3, 0.4) is 0 Å². The van der Waals surface area contributed by atoms with E-state index in [-0.39, 0.29) is 23.8 Å². The van der Waals surface area contributed by atoms with E-state index in [0.29, 0.717) is 17.0 Å². The zero-order valence-electron chi connectivity index (χ0n) is 21.9. The van der Waals surface area contributed by atoms with Gasteiger partial charge in [0.1, 0.15) is 5.78 Å². The Bertz CT molecular complexity index is 973. The fourth-order valence-corrected chi connectivity index (χ4v) is 3.95. The van der Waals surface area contributed by atoms with Crippen LogP contribution >= 0.6 is 12.1 Å². The summed E-state index contributed by atoms with van der Waals surface area (Å²) >= 11 is 0.211. The Morgan fingerprint density at radius 2 is 1.54 bits per heavy atom. The molecular formula is C30H40FNO2S. The van der Waals surface area contributed by atoms with Crippen molar-refractivity contribution in [1.82, 2.24) is 5.32 Å². The molecule has 0 bridgehead atoms. The third-order valence-electron chi connectivity index (χ3n) is 5.62. The zero-order chi connectivity index (χ0) is 26.2. The molecule has 1 N–H and O–H groups in total. The van der Waals surface area contributed by atoms with Gasteiger partial charge in [-0.25, -0.2) is 0 Å². The number of halogens is 1. The summed E-state index contributed by atoms with van der Waals surface area (Å²) in [4.78, 5) is 23.0. The Morgan fingerprint density at radius 3 is 1.97 bits per heavy atom. The number of aryl methyl sites for hydroxylation is 2. The molecule has 3 rings (SSSR count). The van der Waals surface area contributed by atoms with Gasteiger partial charge in [0.2, 0.25) is 0 Å². The molecule has 35 heavy (non-hydrogen) atoms. The minimum atomic E-state index is 0.0127. The normalized spacial score (nSPS) is 12.2. The average Bonchev–Trinajstić information content (AvgIpc) is 3.31. The second-order valence-corrected chi connectivity index (χ2v) is 9.44. The topological polar surface area (TPSA) is 46.2 Å². The number of amides is 1. The highest BCUT2D eigenvalue weighted by Crippen LogP contribution is 2.20. The first kappa shape index (κ1) is 30.4. The van der Waals surface area contributed by atoms with Gasteiger partial charge in [0, 0.05) is 22.6 Å². The van der Waals surface area contributed by atoms with Crippen molar-refractivity contribution in [2.45, 2.75) is 84.5 Å². The van der Waals surface area contributed by atoms with Gasteiger partial charge in [-0.2, -0.15) is 3.89 Å². The summed E-state index contributed by atoms with van der Waals surface area (Å²) in [6, 6.07) is 15.6. The molecule has 0 atom stereocenters. The highest BCUT2D eigenvalue weighted by molar-refractivity contribution is 7.94. The Hall–Kier alpha value is -2.66. The lowest BCUT2D eigenvalue weighted by molar-refractivity contribution is -0.117. The van der Waals surface area contributed by atoms with Crippen LogP contribution in [-0.2, 0) is 28.9 Å². The molecule has 0 radical (unpaired) electrons. The summed E-state index contributed by atoms with van der Waals surface area (Å²) in [6.45, 7) is 13.2. The van der Waals surface area contributed by atoms with Crippen molar-refractivity contribution in [1.29, 1.82) is 0 Å². The molecule has 1 aliphatic rings. The number of ketones is 1. The van der Waals surface area contributed by atoms with Gasteiger partial charge in [-0.15, -0.1) is 0 Å². The lowest BCUT2D eigenvalue weighted by Gasteiger charge is -2.10. The highest BCUT2D eigenvalue weighted by atomic mass is 32.2. The van der Waals surface area contributed by atoms with Gasteiger partial charge in [-0.1, -0.05) is 68.8 Å². The number of benzene rings is 2. The van der Waals surface area contributed by atoms with Gasteiger partial charge in [0.05, 0.1) is 12.1 Å². The van der Waals surface area contributed by atoms with Gasteiger partial charge in [0.15, 0.2) is 0 Å². The summed E-state index contributed by atoms with van der Waals surface area (Å²) in [7, 11) is 0. The Labute approximate surface area is 215 Å². The number of rotatable bonds is 8. The number of carbonyl (C=O) groups excluding carboxylic acids is 2. The molecule has 0 spiro atoms. The molecule has 0 aliphatic heterocycles. The molecule has 190 valence electrons. The Balaban J connectivity index is 0.000000267. The van der Waals surface area contributed by atoms with Crippen LogP contribution in [0, 0.1) is 0 Å². The fraction of sp³-hybridized carbons (Fsp3) is 0.400. The molecule has 2 aromatic rings. The van der Waals surface area contributed by atoms with Crippen molar-refractivity contribution in [3.8, 4) is 0 Å². The largest absolute Gasteiger partial charge is 0.327 e. The van der Waals surface area contributed by atoms with Crippen LogP contribution in [0.4, 0.5) is 3.89 Å². The molecule has 0 unspecified atom stereocenters. The van der Waals surface area contributed by atoms with Crippen molar-refractivity contribution >= 4 is 23.8 Å². The van der Waals surface area contributed by atoms with Crippen molar-refractivity contribution in [3.05, 3.63) is 88.6 Å². The highest BCUT2D eigenvalue weighted by Gasteiger charge is 2.10. The van der Waals surface area contributed by atoms with E-state index < -0.39 is 0 Å². The van der Waals surface area contributed by atoms with E-state index in [2.05, 4.69) is 50.0 Å². The molecule has 1 amide bonds. The maximum atomic E-state index is 12.0. The van der Waals surface area contributed by atoms with E-state index >= 15 is 0 Å². The van der Waals surface area contributed by atoms with Crippen LogP contribution in [0.15, 0.2) is 76.8 Å². The van der Waals surface area contributed by atoms with Crippen LogP contribution in [0.2, 0.25) is 0 Å². The van der Waals surface area contributed by atoms with Crippen molar-refractivity contribution in [3.63, 3.8) is 0 Å². The van der Waals surface area contributed by atoms with Crippen LogP contribution in [0.25, 0.3) is 0 Å². The first-order valence-corrected chi connectivity index (χ1v) is 13.0. The van der Waals surface area contributed by atoms with Gasteiger partial charge in [0.25, 0.3) is 5.91 Å². The third-order valence-corrected chi connectivity index (χ3v) is 6.07. The minimum Gasteiger partial charge on any atom is -0.327 e. The molecule has 3 nitrogen and oxygen atoms in total. The van der Waals surface area contributed by atoms with E-state index in [0.717, 1.165) is 30.4 Å². The second-order valence-electron chi connectivity index (χ2n) is 8.82. The first-order valence-electron chi connectivity index (χ1n) is 12.3. The number of nitrogens with one attached hydrogen (secondary N) is 1. The maximum absolute atomic E-state index is 12.0. The molecule has 0 aromatic heterocycles. The molecule has 5 heteroatoms. The molecular weight excluding hydrogens is 457 g/mol. The summed E-state index contributed by atoms with van der Waals surface area (Å²) in [5.41, 5.74) is 6.85. The van der Waals surface area contributed by atoms with E-state index in [1.54, 1.807) is 42.3 Å². The average molecular weight is 498 g/mol. The maximum Gasteiger partial charge on any atom is 0.251 e. The van der Waals surface area contributed by atoms with Crippen molar-refractivity contribution in [2.24, 2.45) is 0 Å². The summed E-state index contributed by atoms with van der Waals surface area (Å²) < 4.78 is 12.0. The third kappa shape index (κ3) is 12.0. The van der Waals surface area contributed by atoms with Crippen LogP contribution in [-0.4, -0.2) is 11.7 Å². The predicted octanol–water partition coefficient (Wildman–Crippen LogP) is 8.13. The molecule has 2 aromatic carbocycles. The van der Waals surface area contributed by atoms with Gasteiger partial charge in [-0.3, -0.25) is 9.59 Å². The van der Waals surface area contributed by atoms with Gasteiger partial charge in [-0.05, 0) is 81.7 Å². The van der Waals surface area contributed by atoms with E-state index in [9.17, 15) is 13.5 Å². The number of hydrogen-bond acceptors (Lipinski definition) is 3. The molecule has 0 saturated heterocycles. The van der Waals surface area contributed by atoms with Crippen molar-refractivity contribution in [2.75, 3.05) is 0 Å². The molecule has 0 saturated carbocycles. The standard InChI is InChI=1S/C12H21NO.C9H9FOS.C9H10/c1-6-8-11(10(5)7-2)12(14)13-9(3)4;1-7(11)6-8-2-4-9(12-10)5-3-8;1-2-5-9-7-3-6-8(9)4-1/h3,6-8H2,1-2,4-5H3,(H,13,14);2-5H,6H2,1H3;1-2,4-5H,3,6-7H2/b11-10+;;. The smallest absolute Gasteiger partial charge is 0.251 e. The minimum absolute atomic E-state index is 0.0127. The van der Waals surface area contributed by atoms with Crippen molar-refractivity contribution < 1.29 is 13.5 Å². The number of Topliss-reactive ketones (excluding diaryl/α,β-unsaturated/α-hetero) is 1. The van der Waals surface area contributed by atoms with E-state index in [1.807, 2.05) is 6.92 Å². The number of fused-ring (bicyclic) bond motifs is 1. The number of hydrogen-bond donors (Lipinski definition) is 1. The van der Waals surface area contributed by atoms with E-state index in [4.69, 9.17) is 0 Å². The van der Waals surface area contributed by atoms with Gasteiger partial charge >= 0.3 is 0 Å². The zero-order valence-corrected chi connectivity index (χ0v) is 22.7. The Kier molecular flexibility index (Phi) is 14.6. The summed E-state index contributed by atoms with van der Waals surface area (Å²) in [6.07, 6.45) is 7.16. The second kappa shape index (κ2) is 16.9. The van der Waals surface area contributed by atoms with Crippen LogP contribution in [0.1, 0.15) is 77.0 Å². The summed E-state index contributed by atoms with van der Waals surface area (Å²) in [5, 5.41) is 2.75. The lowest BCUT2D eigenvalue weighted by Crippen LogP contribution is -2.23. The molecule has 0 fully saturated rings. The number of carbonyl (C=O) groups is 2. The predicted molar refractivity (Wildman–Crippen MR) is 147 cm³/mol. The SMILES string of the molecule is C=C(C)NC(=O)/C(CCC)=C(\C)CC.CC(=O)Cc1ccc(SF)cc1.c1ccc2c(c1)CCC2. The molecule has 1 aliphatic carbocycles. The van der Waals surface area contributed by atoms with Gasteiger partial charge < -0.3 is 5.32 Å².